The van der Waals surface area contributed by atoms with Crippen LogP contribution in [0, 0.1) is 16.7 Å². The number of carbonyl (C=O) groups is 1. The molecule has 0 radical (unpaired) electrons. The lowest BCUT2D eigenvalue weighted by atomic mass is 9.92. The highest BCUT2D eigenvalue weighted by molar-refractivity contribution is 5.88. The number of nitrogens with one attached hydrogen (secondary N) is 1. The Hall–Kier alpha value is -2.59. The molecular formula is C18H16F3N3O. The topological polar surface area (TPSA) is 56.1 Å². The lowest BCUT2D eigenvalue weighted by molar-refractivity contribution is -0.191. The first-order valence-electron chi connectivity index (χ1n) is 7.71. The fraction of sp³-hybridized carbons (Fsp3) is 0.333. The van der Waals surface area contributed by atoms with Gasteiger partial charge in [-0.05, 0) is 42.3 Å². The molecule has 0 unspecified atom stereocenters. The zero-order valence-corrected chi connectivity index (χ0v) is 13.7. The summed E-state index contributed by atoms with van der Waals surface area (Å²) in [5.74, 6) is -0.456. The van der Waals surface area contributed by atoms with E-state index in [0.717, 1.165) is 5.01 Å². The second kappa shape index (κ2) is 5.74. The van der Waals surface area contributed by atoms with Crippen LogP contribution in [-0.2, 0) is 4.79 Å². The Morgan fingerprint density at radius 1 is 1.28 bits per heavy atom. The molecule has 1 atom stereocenters. The van der Waals surface area contributed by atoms with Gasteiger partial charge in [0, 0.05) is 6.54 Å². The number of rotatable bonds is 2. The first kappa shape index (κ1) is 17.2. The van der Waals surface area contributed by atoms with Crippen LogP contribution in [0.4, 0.5) is 13.2 Å². The van der Waals surface area contributed by atoms with Crippen molar-refractivity contribution in [3.8, 4) is 6.07 Å². The molecule has 0 spiro atoms. The minimum atomic E-state index is -4.62. The van der Waals surface area contributed by atoms with Gasteiger partial charge in [-0.3, -0.25) is 10.2 Å². The van der Waals surface area contributed by atoms with Gasteiger partial charge in [0.25, 0.3) is 0 Å². The van der Waals surface area contributed by atoms with E-state index >= 15 is 0 Å². The minimum absolute atomic E-state index is 0.0415. The van der Waals surface area contributed by atoms with Crippen LogP contribution in [0.1, 0.15) is 31.0 Å². The van der Waals surface area contributed by atoms with Gasteiger partial charge in [0.15, 0.2) is 6.04 Å². The van der Waals surface area contributed by atoms with E-state index in [2.05, 4.69) is 5.43 Å². The molecule has 0 aromatic heterocycles. The second-order valence-corrected chi connectivity index (χ2v) is 6.80. The lowest BCUT2D eigenvalue weighted by Crippen LogP contribution is -2.43. The Kier molecular flexibility index (Phi) is 3.96. The molecule has 7 heteroatoms. The molecule has 2 aromatic carbocycles. The highest BCUT2D eigenvalue weighted by atomic mass is 19.4. The smallest absolute Gasteiger partial charge is 0.287 e. The van der Waals surface area contributed by atoms with Gasteiger partial charge in [-0.15, -0.1) is 0 Å². The van der Waals surface area contributed by atoms with Crippen LogP contribution in [0.2, 0.25) is 0 Å². The van der Waals surface area contributed by atoms with Crippen molar-refractivity contribution in [3.63, 3.8) is 0 Å². The molecule has 0 saturated carbocycles. The Morgan fingerprint density at radius 3 is 2.52 bits per heavy atom. The Balaban J connectivity index is 2.21. The number of halogens is 3. The molecule has 25 heavy (non-hydrogen) atoms. The number of hydrazine groups is 1. The highest BCUT2D eigenvalue weighted by Gasteiger charge is 2.51. The van der Waals surface area contributed by atoms with Crippen molar-refractivity contribution in [2.24, 2.45) is 5.41 Å². The van der Waals surface area contributed by atoms with Gasteiger partial charge in [-0.1, -0.05) is 24.3 Å². The molecule has 1 amide bonds. The van der Waals surface area contributed by atoms with Gasteiger partial charge in [-0.25, -0.2) is 5.01 Å². The molecule has 0 aliphatic carbocycles. The van der Waals surface area contributed by atoms with E-state index in [1.807, 2.05) is 6.07 Å². The number of hydrogen-bond acceptors (Lipinski definition) is 3. The van der Waals surface area contributed by atoms with Crippen molar-refractivity contribution in [3.05, 3.63) is 47.5 Å². The Morgan fingerprint density at radius 2 is 1.96 bits per heavy atom. The average molecular weight is 347 g/mol. The van der Waals surface area contributed by atoms with Crippen molar-refractivity contribution < 1.29 is 18.0 Å². The summed E-state index contributed by atoms with van der Waals surface area (Å²) in [5, 5.41) is 11.1. The molecule has 2 aromatic rings. The van der Waals surface area contributed by atoms with E-state index in [9.17, 15) is 23.2 Å². The third-order valence-corrected chi connectivity index (χ3v) is 4.36. The van der Waals surface area contributed by atoms with Crippen molar-refractivity contribution in [2.45, 2.75) is 26.1 Å². The predicted molar refractivity (Wildman–Crippen MR) is 86.1 cm³/mol. The van der Waals surface area contributed by atoms with Crippen LogP contribution in [0.25, 0.3) is 10.8 Å². The molecule has 1 fully saturated rings. The maximum Gasteiger partial charge on any atom is 0.409 e. The zero-order valence-electron chi connectivity index (χ0n) is 13.7. The number of nitrogens with zero attached hydrogens (tertiary/aromatic N) is 2. The molecule has 1 aliphatic rings. The summed E-state index contributed by atoms with van der Waals surface area (Å²) < 4.78 is 41.8. The van der Waals surface area contributed by atoms with Crippen LogP contribution >= 0.6 is 0 Å². The van der Waals surface area contributed by atoms with Gasteiger partial charge in [-0.2, -0.15) is 18.4 Å². The molecule has 1 aliphatic heterocycles. The monoisotopic (exact) mass is 347 g/mol. The third kappa shape index (κ3) is 3.05. The van der Waals surface area contributed by atoms with Crippen molar-refractivity contribution in [1.29, 1.82) is 5.26 Å². The fourth-order valence-electron chi connectivity index (χ4n) is 3.13. The van der Waals surface area contributed by atoms with Crippen LogP contribution in [0.3, 0.4) is 0 Å². The number of alkyl halides is 3. The normalized spacial score (nSPS) is 18.8. The third-order valence-electron chi connectivity index (χ3n) is 4.36. The molecule has 3 rings (SSSR count). The first-order valence-corrected chi connectivity index (χ1v) is 7.71. The summed E-state index contributed by atoms with van der Waals surface area (Å²) in [7, 11) is 0. The summed E-state index contributed by atoms with van der Waals surface area (Å²) in [6, 6.07) is 9.29. The van der Waals surface area contributed by atoms with Crippen LogP contribution in [0.15, 0.2) is 36.4 Å². The summed E-state index contributed by atoms with van der Waals surface area (Å²) in [6.45, 7) is 3.11. The Bertz CT molecular complexity index is 883. The largest absolute Gasteiger partial charge is 0.409 e. The molecular weight excluding hydrogens is 331 g/mol. The number of nitriles is 1. The summed E-state index contributed by atoms with van der Waals surface area (Å²) in [6.07, 6.45) is -4.62. The van der Waals surface area contributed by atoms with E-state index in [0.29, 0.717) is 10.8 Å². The van der Waals surface area contributed by atoms with E-state index in [-0.39, 0.29) is 17.7 Å². The lowest BCUT2D eigenvalue weighted by Gasteiger charge is -2.30. The van der Waals surface area contributed by atoms with Gasteiger partial charge >= 0.3 is 6.18 Å². The van der Waals surface area contributed by atoms with Crippen LogP contribution in [-0.4, -0.2) is 23.6 Å². The quantitative estimate of drug-likeness (QED) is 0.901. The van der Waals surface area contributed by atoms with Crippen LogP contribution in [0.5, 0.6) is 0 Å². The predicted octanol–water partition coefficient (Wildman–Crippen LogP) is 3.69. The summed E-state index contributed by atoms with van der Waals surface area (Å²) >= 11 is 0. The molecule has 4 nitrogen and oxygen atoms in total. The van der Waals surface area contributed by atoms with Crippen molar-refractivity contribution in [1.82, 2.24) is 10.4 Å². The molecule has 1 N–H and O–H groups in total. The standard InChI is InChI=1S/C18H16F3N3O/c1-17(2)10-24(23-16(17)25)15(18(19,20)21)14-8-11(9-22)7-12-5-3-4-6-13(12)14/h3-8,15H,10H2,1-2H3,(H,23,25)/t15-/m0/s1. The van der Waals surface area contributed by atoms with E-state index in [1.165, 1.54) is 6.07 Å². The minimum Gasteiger partial charge on any atom is -0.287 e. The zero-order chi connectivity index (χ0) is 18.4. The van der Waals surface area contributed by atoms with Gasteiger partial charge in [0.05, 0.1) is 17.0 Å². The molecule has 130 valence electrons. The highest BCUT2D eigenvalue weighted by Crippen LogP contribution is 2.43. The van der Waals surface area contributed by atoms with Crippen molar-refractivity contribution in [2.75, 3.05) is 6.54 Å². The summed E-state index contributed by atoms with van der Waals surface area (Å²) in [5.41, 5.74) is 1.52. The van der Waals surface area contributed by atoms with E-state index in [4.69, 9.17) is 0 Å². The van der Waals surface area contributed by atoms with E-state index < -0.39 is 23.5 Å². The van der Waals surface area contributed by atoms with Gasteiger partial charge in [0.2, 0.25) is 5.91 Å². The van der Waals surface area contributed by atoms with E-state index in [1.54, 1.807) is 44.2 Å². The number of fused-ring (bicyclic) bond motifs is 1. The fourth-order valence-corrected chi connectivity index (χ4v) is 3.13. The first-order chi connectivity index (χ1) is 11.6. The molecule has 1 saturated heterocycles. The second-order valence-electron chi connectivity index (χ2n) is 6.80. The van der Waals surface area contributed by atoms with Gasteiger partial charge < -0.3 is 0 Å². The molecule has 1 heterocycles. The van der Waals surface area contributed by atoms with Crippen molar-refractivity contribution >= 4 is 16.7 Å². The number of hydrogen-bond donors (Lipinski definition) is 1. The maximum absolute atomic E-state index is 13.9. The maximum atomic E-state index is 13.9. The summed E-state index contributed by atoms with van der Waals surface area (Å²) in [4.78, 5) is 12.0. The SMILES string of the molecule is CC1(C)CN([C@@H](c2cc(C#N)cc3ccccc23)C(F)(F)F)NC1=O. The number of benzene rings is 2. The number of carbonyl (C=O) groups excluding carboxylic acids is 1. The van der Waals surface area contributed by atoms with Gasteiger partial charge in [0.1, 0.15) is 0 Å². The Labute approximate surface area is 142 Å². The average Bonchev–Trinajstić information content (AvgIpc) is 2.78. The molecule has 0 bridgehead atoms. The number of amides is 1. The van der Waals surface area contributed by atoms with Crippen LogP contribution < -0.4 is 5.43 Å².